The van der Waals surface area contributed by atoms with Gasteiger partial charge in [0, 0.05) is 17.8 Å². The average Bonchev–Trinajstić information content (AvgIpc) is 3.12. The number of hydrogen-bond acceptors (Lipinski definition) is 5. The van der Waals surface area contributed by atoms with E-state index in [1.54, 1.807) is 6.07 Å². The van der Waals surface area contributed by atoms with Gasteiger partial charge in [0.25, 0.3) is 0 Å². The molecule has 30 heavy (non-hydrogen) atoms. The molecule has 162 valence electrons. The SMILES string of the molecule is C=C(c1cccc(NS(=O)(=O)CC(F)(F)F)c1)c1cnc[nH]1.O=C(O)C=CC(=O)O. The molecule has 0 spiro atoms. The van der Waals surface area contributed by atoms with Gasteiger partial charge >= 0.3 is 18.1 Å². The molecule has 9 nitrogen and oxygen atoms in total. The molecule has 0 radical (unpaired) electrons. The number of carboxylic acids is 2. The summed E-state index contributed by atoms with van der Waals surface area (Å²) < 4.78 is 61.4. The van der Waals surface area contributed by atoms with Gasteiger partial charge in [-0.05, 0) is 23.3 Å². The molecule has 0 amide bonds. The summed E-state index contributed by atoms with van der Waals surface area (Å²) in [6, 6.07) is 5.93. The lowest BCUT2D eigenvalue weighted by Gasteiger charge is -2.11. The maximum absolute atomic E-state index is 12.2. The molecule has 0 atom stereocenters. The van der Waals surface area contributed by atoms with Crippen LogP contribution in [0.4, 0.5) is 18.9 Å². The van der Waals surface area contributed by atoms with Crippen molar-refractivity contribution in [2.45, 2.75) is 6.18 Å². The Morgan fingerprint density at radius 2 is 1.80 bits per heavy atom. The smallest absolute Gasteiger partial charge is 0.404 e. The van der Waals surface area contributed by atoms with Crippen molar-refractivity contribution >= 4 is 33.2 Å². The van der Waals surface area contributed by atoms with Crippen molar-refractivity contribution in [1.29, 1.82) is 0 Å². The van der Waals surface area contributed by atoms with Gasteiger partial charge in [0.1, 0.15) is 0 Å². The highest BCUT2D eigenvalue weighted by Crippen LogP contribution is 2.24. The first-order chi connectivity index (χ1) is 13.8. The summed E-state index contributed by atoms with van der Waals surface area (Å²) in [5, 5.41) is 15.6. The molecule has 2 aromatic rings. The summed E-state index contributed by atoms with van der Waals surface area (Å²) in [5.74, 6) is -4.45. The Bertz CT molecular complexity index is 1020. The van der Waals surface area contributed by atoms with E-state index in [0.29, 0.717) is 29.0 Å². The minimum atomic E-state index is -4.80. The predicted molar refractivity (Wildman–Crippen MR) is 101 cm³/mol. The van der Waals surface area contributed by atoms with Crippen LogP contribution in [0.5, 0.6) is 0 Å². The van der Waals surface area contributed by atoms with E-state index < -0.39 is 33.9 Å². The molecule has 0 aliphatic rings. The molecule has 0 aliphatic carbocycles. The molecule has 0 unspecified atom stereocenters. The zero-order valence-corrected chi connectivity index (χ0v) is 15.9. The van der Waals surface area contributed by atoms with Crippen LogP contribution < -0.4 is 4.72 Å². The molecule has 13 heteroatoms. The second-order valence-corrected chi connectivity index (χ2v) is 7.23. The van der Waals surface area contributed by atoms with Crippen molar-refractivity contribution < 1.29 is 41.4 Å². The topological polar surface area (TPSA) is 149 Å². The molecule has 1 aromatic heterocycles. The van der Waals surface area contributed by atoms with Crippen LogP contribution in [0.25, 0.3) is 5.57 Å². The molecule has 0 fully saturated rings. The minimum Gasteiger partial charge on any atom is -0.478 e. The van der Waals surface area contributed by atoms with Crippen LogP contribution >= 0.6 is 0 Å². The molecule has 0 aliphatic heterocycles. The first-order valence-corrected chi connectivity index (χ1v) is 9.43. The van der Waals surface area contributed by atoms with Crippen LogP contribution in [0.15, 0.2) is 55.5 Å². The van der Waals surface area contributed by atoms with Gasteiger partial charge in [-0.2, -0.15) is 13.2 Å². The summed E-state index contributed by atoms with van der Waals surface area (Å²) in [6.07, 6.45) is -0.702. The van der Waals surface area contributed by atoms with E-state index in [0.717, 1.165) is 0 Å². The number of H-pyrrole nitrogens is 1. The zero-order chi connectivity index (χ0) is 22.9. The predicted octanol–water partition coefficient (Wildman–Crippen LogP) is 2.49. The number of rotatable bonds is 7. The lowest BCUT2D eigenvalue weighted by atomic mass is 10.0. The summed E-state index contributed by atoms with van der Waals surface area (Å²) in [5.41, 5.74) is 1.74. The first-order valence-electron chi connectivity index (χ1n) is 7.78. The van der Waals surface area contributed by atoms with Crippen molar-refractivity contribution in [3.8, 4) is 0 Å². The number of imidazole rings is 1. The third-order valence-corrected chi connectivity index (χ3v) is 4.28. The van der Waals surface area contributed by atoms with Gasteiger partial charge < -0.3 is 15.2 Å². The molecule has 4 N–H and O–H groups in total. The van der Waals surface area contributed by atoms with E-state index in [9.17, 15) is 31.2 Å². The molecule has 0 bridgehead atoms. The van der Waals surface area contributed by atoms with Crippen LogP contribution in [-0.4, -0.2) is 52.5 Å². The molecular weight excluding hydrogens is 431 g/mol. The Balaban J connectivity index is 0.000000479. The fourth-order valence-electron chi connectivity index (χ4n) is 1.92. The number of anilines is 1. The van der Waals surface area contributed by atoms with Gasteiger partial charge in [0.05, 0.1) is 18.2 Å². The van der Waals surface area contributed by atoms with Crippen LogP contribution in [0, 0.1) is 0 Å². The summed E-state index contributed by atoms with van der Waals surface area (Å²) in [7, 11) is -4.51. The highest BCUT2D eigenvalue weighted by molar-refractivity contribution is 7.92. The van der Waals surface area contributed by atoms with Gasteiger partial charge in [-0.1, -0.05) is 18.7 Å². The number of hydrogen-bond donors (Lipinski definition) is 4. The Labute approximate surface area is 168 Å². The van der Waals surface area contributed by atoms with Crippen LogP contribution in [0.1, 0.15) is 11.3 Å². The number of sulfonamides is 1. The molecule has 1 heterocycles. The Hall–Kier alpha value is -3.61. The second kappa shape index (κ2) is 10.2. The maximum Gasteiger partial charge on any atom is 0.404 e. The van der Waals surface area contributed by atoms with Gasteiger partial charge in [0.15, 0.2) is 5.75 Å². The number of aliphatic carboxylic acids is 2. The number of benzene rings is 1. The van der Waals surface area contributed by atoms with E-state index in [4.69, 9.17) is 10.2 Å². The van der Waals surface area contributed by atoms with Gasteiger partial charge in [-0.3, -0.25) is 4.72 Å². The third-order valence-electron chi connectivity index (χ3n) is 3.03. The Morgan fingerprint density at radius 3 is 2.27 bits per heavy atom. The van der Waals surface area contributed by atoms with Crippen molar-refractivity contribution in [3.05, 3.63) is 66.8 Å². The lowest BCUT2D eigenvalue weighted by Crippen LogP contribution is -2.27. The zero-order valence-electron chi connectivity index (χ0n) is 15.0. The van der Waals surface area contributed by atoms with E-state index in [2.05, 4.69) is 16.5 Å². The highest BCUT2D eigenvalue weighted by Gasteiger charge is 2.35. The van der Waals surface area contributed by atoms with E-state index >= 15 is 0 Å². The number of nitrogens with one attached hydrogen (secondary N) is 2. The minimum absolute atomic E-state index is 0.0300. The largest absolute Gasteiger partial charge is 0.478 e. The highest BCUT2D eigenvalue weighted by atomic mass is 32.2. The third kappa shape index (κ3) is 9.54. The van der Waals surface area contributed by atoms with Crippen LogP contribution in [-0.2, 0) is 19.6 Å². The second-order valence-electron chi connectivity index (χ2n) is 5.51. The Kier molecular flexibility index (Phi) is 8.34. The number of carboxylic acid groups (broad SMARTS) is 2. The fourth-order valence-corrected chi connectivity index (χ4v) is 2.91. The monoisotopic (exact) mass is 447 g/mol. The number of aromatic amines is 1. The molecule has 2 rings (SSSR count). The fraction of sp³-hybridized carbons (Fsp3) is 0.118. The lowest BCUT2D eigenvalue weighted by molar-refractivity contribution is -0.134. The number of aromatic nitrogens is 2. The number of alkyl halides is 3. The molecule has 0 saturated carbocycles. The van der Waals surface area contributed by atoms with Gasteiger partial charge in [-0.15, -0.1) is 0 Å². The van der Waals surface area contributed by atoms with Crippen molar-refractivity contribution in [3.63, 3.8) is 0 Å². The van der Waals surface area contributed by atoms with E-state index in [1.165, 1.54) is 30.7 Å². The molecular formula is C17H16F3N3O6S. The average molecular weight is 447 g/mol. The van der Waals surface area contributed by atoms with Gasteiger partial charge in [0.2, 0.25) is 10.0 Å². The van der Waals surface area contributed by atoms with Crippen molar-refractivity contribution in [2.24, 2.45) is 0 Å². The first kappa shape index (κ1) is 24.4. The summed E-state index contributed by atoms with van der Waals surface area (Å²) in [6.45, 7) is 3.84. The van der Waals surface area contributed by atoms with Crippen molar-refractivity contribution in [2.75, 3.05) is 10.5 Å². The van der Waals surface area contributed by atoms with Gasteiger partial charge in [-0.25, -0.2) is 23.0 Å². The number of nitrogens with zero attached hydrogens (tertiary/aromatic N) is 1. The quantitative estimate of drug-likeness (QED) is 0.476. The molecule has 1 aromatic carbocycles. The van der Waals surface area contributed by atoms with E-state index in [1.807, 2.05) is 4.72 Å². The van der Waals surface area contributed by atoms with E-state index in [-0.39, 0.29) is 5.69 Å². The molecule has 0 saturated heterocycles. The Morgan fingerprint density at radius 1 is 1.20 bits per heavy atom. The summed E-state index contributed by atoms with van der Waals surface area (Å²) in [4.78, 5) is 25.8. The number of halogens is 3. The number of carbonyl (C=O) groups is 2. The standard InChI is InChI=1S/C13H12F3N3O2S.C4H4O4/c1-9(12-6-17-8-18-12)10-3-2-4-11(5-10)19-22(20,21)7-13(14,15)16;5-3(6)1-2-4(7)8/h2-6,8,19H,1,7H2,(H,17,18);1-2H,(H,5,6)(H,7,8). The van der Waals surface area contributed by atoms with Crippen LogP contribution in [0.3, 0.4) is 0 Å². The normalized spacial score (nSPS) is 11.4. The maximum atomic E-state index is 12.2. The van der Waals surface area contributed by atoms with Crippen LogP contribution in [0.2, 0.25) is 0 Å². The van der Waals surface area contributed by atoms with Crippen molar-refractivity contribution in [1.82, 2.24) is 9.97 Å². The summed E-state index contributed by atoms with van der Waals surface area (Å²) >= 11 is 0.